The summed E-state index contributed by atoms with van der Waals surface area (Å²) in [5, 5.41) is 3.23. The van der Waals surface area contributed by atoms with Crippen LogP contribution in [-0.2, 0) is 9.53 Å². The van der Waals surface area contributed by atoms with Crippen molar-refractivity contribution in [2.24, 2.45) is 0 Å². The molecule has 1 amide bonds. The smallest absolute Gasteiger partial charge is 0.237 e. The van der Waals surface area contributed by atoms with E-state index in [4.69, 9.17) is 4.74 Å². The third-order valence-electron chi connectivity index (χ3n) is 2.64. The third-order valence-corrected chi connectivity index (χ3v) is 2.64. The van der Waals surface area contributed by atoms with E-state index in [0.717, 1.165) is 39.0 Å². The summed E-state index contributed by atoms with van der Waals surface area (Å²) in [6, 6.07) is 0. The first-order valence-electron chi connectivity index (χ1n) is 5.90. The molecule has 1 N–H and O–H groups in total. The molecule has 15 heavy (non-hydrogen) atoms. The van der Waals surface area contributed by atoms with E-state index in [1.54, 1.807) is 0 Å². The van der Waals surface area contributed by atoms with Gasteiger partial charge >= 0.3 is 0 Å². The highest BCUT2D eigenvalue weighted by Gasteiger charge is 2.28. The molecule has 0 aromatic carbocycles. The van der Waals surface area contributed by atoms with Crippen molar-refractivity contribution >= 4 is 5.91 Å². The third kappa shape index (κ3) is 3.80. The Kier molecular flexibility index (Phi) is 5.65. The molecule has 0 spiro atoms. The second kappa shape index (κ2) is 6.80. The number of carbonyl (C=O) groups excluding carboxylic acids is 1. The quantitative estimate of drug-likeness (QED) is 0.642. The first-order chi connectivity index (χ1) is 7.29. The van der Waals surface area contributed by atoms with Crippen LogP contribution < -0.4 is 5.32 Å². The lowest BCUT2D eigenvalue weighted by atomic mass is 10.2. The van der Waals surface area contributed by atoms with Crippen LogP contribution in [-0.4, -0.2) is 43.3 Å². The molecule has 0 radical (unpaired) electrons. The fourth-order valence-electron chi connectivity index (χ4n) is 1.88. The number of nitrogens with zero attached hydrogens (tertiary/aromatic N) is 1. The molecule has 1 atom stereocenters. The minimum atomic E-state index is 0.227. The SMILES string of the molecule is CCCC1NCC(=O)N1CCCOCC. The molecule has 1 aliphatic heterocycles. The van der Waals surface area contributed by atoms with Crippen molar-refractivity contribution < 1.29 is 9.53 Å². The van der Waals surface area contributed by atoms with Crippen molar-refractivity contribution in [3.8, 4) is 0 Å². The van der Waals surface area contributed by atoms with E-state index >= 15 is 0 Å². The largest absolute Gasteiger partial charge is 0.382 e. The fraction of sp³-hybridized carbons (Fsp3) is 0.909. The molecule has 88 valence electrons. The van der Waals surface area contributed by atoms with Crippen molar-refractivity contribution in [3.05, 3.63) is 0 Å². The van der Waals surface area contributed by atoms with Gasteiger partial charge in [-0.1, -0.05) is 13.3 Å². The summed E-state index contributed by atoms with van der Waals surface area (Å²) in [4.78, 5) is 13.5. The van der Waals surface area contributed by atoms with E-state index < -0.39 is 0 Å². The van der Waals surface area contributed by atoms with Gasteiger partial charge in [0.05, 0.1) is 12.7 Å². The Bertz CT molecular complexity index is 197. The summed E-state index contributed by atoms with van der Waals surface area (Å²) in [5.74, 6) is 0.227. The van der Waals surface area contributed by atoms with Gasteiger partial charge in [0.15, 0.2) is 0 Å². The highest BCUT2D eigenvalue weighted by molar-refractivity contribution is 5.80. The monoisotopic (exact) mass is 214 g/mol. The van der Waals surface area contributed by atoms with E-state index in [-0.39, 0.29) is 12.1 Å². The number of nitrogens with one attached hydrogen (secondary N) is 1. The molecule has 1 fully saturated rings. The first kappa shape index (κ1) is 12.5. The number of amides is 1. The molecular formula is C11H22N2O2. The molecule has 1 rings (SSSR count). The van der Waals surface area contributed by atoms with Gasteiger partial charge < -0.3 is 9.64 Å². The summed E-state index contributed by atoms with van der Waals surface area (Å²) in [7, 11) is 0. The van der Waals surface area contributed by atoms with Gasteiger partial charge in [0.2, 0.25) is 5.91 Å². The maximum absolute atomic E-state index is 11.5. The van der Waals surface area contributed by atoms with Crippen LogP contribution in [0, 0.1) is 0 Å². The van der Waals surface area contributed by atoms with E-state index in [1.807, 2.05) is 11.8 Å². The lowest BCUT2D eigenvalue weighted by molar-refractivity contribution is -0.128. The van der Waals surface area contributed by atoms with Crippen molar-refractivity contribution in [1.29, 1.82) is 0 Å². The number of hydrogen-bond donors (Lipinski definition) is 1. The van der Waals surface area contributed by atoms with Crippen molar-refractivity contribution in [3.63, 3.8) is 0 Å². The van der Waals surface area contributed by atoms with E-state index in [9.17, 15) is 4.79 Å². The van der Waals surface area contributed by atoms with Crippen LogP contribution in [0.25, 0.3) is 0 Å². The van der Waals surface area contributed by atoms with Gasteiger partial charge in [0, 0.05) is 19.8 Å². The Morgan fingerprint density at radius 2 is 2.33 bits per heavy atom. The Hall–Kier alpha value is -0.610. The van der Waals surface area contributed by atoms with Crippen LogP contribution in [0.3, 0.4) is 0 Å². The molecule has 0 aliphatic carbocycles. The summed E-state index contributed by atoms with van der Waals surface area (Å²) in [6.07, 6.45) is 3.33. The molecule has 4 heteroatoms. The molecule has 1 saturated heterocycles. The maximum Gasteiger partial charge on any atom is 0.237 e. The molecule has 1 aliphatic rings. The summed E-state index contributed by atoms with van der Waals surface area (Å²) in [5.41, 5.74) is 0. The molecule has 0 saturated carbocycles. The molecule has 1 heterocycles. The zero-order valence-electron chi connectivity index (χ0n) is 9.79. The predicted octanol–water partition coefficient (Wildman–Crippen LogP) is 0.971. The number of rotatable bonds is 7. The molecular weight excluding hydrogens is 192 g/mol. The van der Waals surface area contributed by atoms with Crippen molar-refractivity contribution in [1.82, 2.24) is 10.2 Å². The summed E-state index contributed by atoms with van der Waals surface area (Å²) < 4.78 is 5.27. The normalized spacial score (nSPS) is 21.3. The fourth-order valence-corrected chi connectivity index (χ4v) is 1.88. The second-order valence-corrected chi connectivity index (χ2v) is 3.82. The van der Waals surface area contributed by atoms with E-state index in [0.29, 0.717) is 6.54 Å². The average Bonchev–Trinajstić information content (AvgIpc) is 2.56. The number of hydrogen-bond acceptors (Lipinski definition) is 3. The standard InChI is InChI=1S/C11H22N2O2/c1-3-6-10-12-9-11(14)13(10)7-5-8-15-4-2/h10,12H,3-9H2,1-2H3. The van der Waals surface area contributed by atoms with Crippen molar-refractivity contribution in [2.75, 3.05) is 26.3 Å². The average molecular weight is 214 g/mol. The Morgan fingerprint density at radius 1 is 1.53 bits per heavy atom. The lowest BCUT2D eigenvalue weighted by Gasteiger charge is -2.23. The topological polar surface area (TPSA) is 41.6 Å². The maximum atomic E-state index is 11.5. The minimum Gasteiger partial charge on any atom is -0.382 e. The highest BCUT2D eigenvalue weighted by atomic mass is 16.5. The van der Waals surface area contributed by atoms with Crippen LogP contribution in [0.5, 0.6) is 0 Å². The second-order valence-electron chi connectivity index (χ2n) is 3.82. The Labute approximate surface area is 92.0 Å². The first-order valence-corrected chi connectivity index (χ1v) is 5.90. The van der Waals surface area contributed by atoms with E-state index in [2.05, 4.69) is 12.2 Å². The van der Waals surface area contributed by atoms with E-state index in [1.165, 1.54) is 0 Å². The van der Waals surface area contributed by atoms with Crippen LogP contribution in [0.1, 0.15) is 33.1 Å². The van der Waals surface area contributed by atoms with Gasteiger partial charge in [-0.25, -0.2) is 0 Å². The van der Waals surface area contributed by atoms with Crippen LogP contribution >= 0.6 is 0 Å². The van der Waals surface area contributed by atoms with Gasteiger partial charge in [0.1, 0.15) is 0 Å². The minimum absolute atomic E-state index is 0.227. The predicted molar refractivity (Wildman–Crippen MR) is 59.5 cm³/mol. The van der Waals surface area contributed by atoms with Crippen LogP contribution in [0.4, 0.5) is 0 Å². The van der Waals surface area contributed by atoms with Gasteiger partial charge in [-0.3, -0.25) is 10.1 Å². The molecule has 4 nitrogen and oxygen atoms in total. The summed E-state index contributed by atoms with van der Waals surface area (Å²) >= 11 is 0. The van der Waals surface area contributed by atoms with Gasteiger partial charge in [0.25, 0.3) is 0 Å². The number of ether oxygens (including phenoxy) is 1. The van der Waals surface area contributed by atoms with Gasteiger partial charge in [-0.15, -0.1) is 0 Å². The Morgan fingerprint density at radius 3 is 3.00 bits per heavy atom. The lowest BCUT2D eigenvalue weighted by Crippen LogP contribution is -2.38. The highest BCUT2D eigenvalue weighted by Crippen LogP contribution is 2.10. The zero-order valence-corrected chi connectivity index (χ0v) is 9.79. The molecule has 0 aromatic heterocycles. The molecule has 0 aromatic rings. The van der Waals surface area contributed by atoms with Gasteiger partial charge in [-0.05, 0) is 19.8 Å². The van der Waals surface area contributed by atoms with Crippen LogP contribution in [0.15, 0.2) is 0 Å². The molecule has 0 bridgehead atoms. The summed E-state index contributed by atoms with van der Waals surface area (Å²) in [6.45, 7) is 6.95. The Balaban J connectivity index is 2.26. The zero-order chi connectivity index (χ0) is 11.1. The molecule has 1 unspecified atom stereocenters. The van der Waals surface area contributed by atoms with Gasteiger partial charge in [-0.2, -0.15) is 0 Å². The number of carbonyl (C=O) groups is 1. The van der Waals surface area contributed by atoms with Crippen LogP contribution in [0.2, 0.25) is 0 Å². The van der Waals surface area contributed by atoms with Crippen molar-refractivity contribution in [2.45, 2.75) is 39.3 Å².